The summed E-state index contributed by atoms with van der Waals surface area (Å²) in [4.78, 5) is 32.8. The van der Waals surface area contributed by atoms with Gasteiger partial charge in [0.2, 0.25) is 0 Å². The first-order chi connectivity index (χ1) is 7.41. The number of carbonyl (C=O) groups is 3. The maximum absolute atomic E-state index is 10.9. The first-order valence-electron chi connectivity index (χ1n) is 5.73. The molecule has 0 spiro atoms. The topological polar surface area (TPSA) is 51.2 Å². The molecule has 0 fully saturated rings. The minimum atomic E-state index is -1.64. The molecule has 0 aromatic heterocycles. The Kier molecular flexibility index (Phi) is 8.80. The third-order valence-electron chi connectivity index (χ3n) is 2.49. The van der Waals surface area contributed by atoms with E-state index in [4.69, 9.17) is 0 Å². The van der Waals surface area contributed by atoms with Crippen LogP contribution < -0.4 is 0 Å². The molecular formula is C12H21O3Sn+. The predicted molar refractivity (Wildman–Crippen MR) is 66.1 cm³/mol. The van der Waals surface area contributed by atoms with Crippen LogP contribution >= 0.6 is 0 Å². The Labute approximate surface area is 105 Å². The fourth-order valence-electron chi connectivity index (χ4n) is 1.43. The van der Waals surface area contributed by atoms with Crippen LogP contribution in [-0.2, 0) is 14.4 Å². The van der Waals surface area contributed by atoms with E-state index in [0.29, 0.717) is 19.3 Å². The molecule has 0 amide bonds. The first kappa shape index (κ1) is 15.8. The van der Waals surface area contributed by atoms with Gasteiger partial charge >= 0.3 is 105 Å². The van der Waals surface area contributed by atoms with Crippen LogP contribution in [0.25, 0.3) is 0 Å². The van der Waals surface area contributed by atoms with Gasteiger partial charge in [-0.25, -0.2) is 0 Å². The van der Waals surface area contributed by atoms with Gasteiger partial charge in [-0.3, -0.25) is 0 Å². The number of ketones is 3. The van der Waals surface area contributed by atoms with Gasteiger partial charge < -0.3 is 0 Å². The van der Waals surface area contributed by atoms with Gasteiger partial charge in [-0.1, -0.05) is 0 Å². The van der Waals surface area contributed by atoms with Crippen LogP contribution in [0, 0.1) is 0 Å². The second-order valence-electron chi connectivity index (χ2n) is 4.36. The molecular weight excluding hydrogens is 311 g/mol. The van der Waals surface area contributed by atoms with Gasteiger partial charge in [-0.15, -0.1) is 0 Å². The van der Waals surface area contributed by atoms with Crippen molar-refractivity contribution in [1.29, 1.82) is 0 Å². The average Bonchev–Trinajstić information content (AvgIpc) is 2.15. The summed E-state index contributed by atoms with van der Waals surface area (Å²) in [5, 5.41) is 0. The fraction of sp³-hybridized carbons (Fsp3) is 0.750. The van der Waals surface area contributed by atoms with E-state index in [0.717, 1.165) is 13.3 Å². The van der Waals surface area contributed by atoms with E-state index in [1.807, 2.05) is 0 Å². The van der Waals surface area contributed by atoms with Gasteiger partial charge in [0.15, 0.2) is 0 Å². The molecule has 0 aromatic carbocycles. The zero-order chi connectivity index (χ0) is 12.6. The van der Waals surface area contributed by atoms with Gasteiger partial charge in [0.05, 0.1) is 0 Å². The van der Waals surface area contributed by atoms with Crippen molar-refractivity contribution in [2.24, 2.45) is 0 Å². The Morgan fingerprint density at radius 2 is 0.938 bits per heavy atom. The third kappa shape index (κ3) is 10.3. The van der Waals surface area contributed by atoms with Gasteiger partial charge in [0, 0.05) is 0 Å². The van der Waals surface area contributed by atoms with Crippen LogP contribution in [-0.4, -0.2) is 37.1 Å². The fourth-order valence-corrected chi connectivity index (χ4v) is 9.62. The Bertz CT molecular complexity index is 218. The molecule has 0 aliphatic carbocycles. The molecule has 0 radical (unpaired) electrons. The van der Waals surface area contributed by atoms with E-state index in [9.17, 15) is 14.4 Å². The van der Waals surface area contributed by atoms with Gasteiger partial charge in [0.25, 0.3) is 0 Å². The van der Waals surface area contributed by atoms with Crippen LogP contribution in [0.15, 0.2) is 0 Å². The Morgan fingerprint density at radius 3 is 1.12 bits per heavy atom. The summed E-state index contributed by atoms with van der Waals surface area (Å²) >= 11 is -1.64. The second-order valence-corrected chi connectivity index (χ2v) is 12.9. The summed E-state index contributed by atoms with van der Waals surface area (Å²) < 4.78 is 2.99. The van der Waals surface area contributed by atoms with Crippen molar-refractivity contribution in [3.05, 3.63) is 0 Å². The van der Waals surface area contributed by atoms with Gasteiger partial charge in [-0.05, 0) is 0 Å². The number of Topliss-reactive ketones (excluding diaryl/α,β-unsaturated/α-hetero) is 3. The molecule has 0 unspecified atom stereocenters. The standard InChI is InChI=1S/3C4H7O.Sn/c3*1-3-4(2)5;/h3*1,3H2,2H3;/q;;;+1. The number of rotatable bonds is 9. The molecule has 0 aliphatic heterocycles. The van der Waals surface area contributed by atoms with E-state index in [1.165, 1.54) is 0 Å². The van der Waals surface area contributed by atoms with Crippen molar-refractivity contribution < 1.29 is 14.4 Å². The van der Waals surface area contributed by atoms with Gasteiger partial charge in [-0.2, -0.15) is 0 Å². The van der Waals surface area contributed by atoms with E-state index >= 15 is 0 Å². The van der Waals surface area contributed by atoms with Crippen molar-refractivity contribution in [3.63, 3.8) is 0 Å². The molecule has 0 saturated heterocycles. The van der Waals surface area contributed by atoms with Crippen LogP contribution in [0.1, 0.15) is 40.0 Å². The molecule has 0 aromatic rings. The van der Waals surface area contributed by atoms with Crippen LogP contribution in [0.5, 0.6) is 0 Å². The molecule has 90 valence electrons. The average molecular weight is 332 g/mol. The van der Waals surface area contributed by atoms with Crippen molar-refractivity contribution in [2.75, 3.05) is 0 Å². The third-order valence-corrected chi connectivity index (χ3v) is 10.7. The minimum absolute atomic E-state index is 0.226. The summed E-state index contributed by atoms with van der Waals surface area (Å²) in [5.41, 5.74) is 0. The molecule has 0 rings (SSSR count). The zero-order valence-electron chi connectivity index (χ0n) is 10.5. The zero-order valence-corrected chi connectivity index (χ0v) is 13.3. The van der Waals surface area contributed by atoms with Crippen LogP contribution in [0.4, 0.5) is 0 Å². The Morgan fingerprint density at radius 1 is 0.688 bits per heavy atom. The molecule has 0 saturated carbocycles. The summed E-state index contributed by atoms with van der Waals surface area (Å²) in [5.74, 6) is 0.677. The molecule has 0 N–H and O–H groups in total. The van der Waals surface area contributed by atoms with E-state index in [1.54, 1.807) is 20.8 Å². The first-order valence-corrected chi connectivity index (χ1v) is 11.8. The molecule has 0 heterocycles. The van der Waals surface area contributed by atoms with Crippen LogP contribution in [0.2, 0.25) is 13.3 Å². The van der Waals surface area contributed by atoms with Crippen molar-refractivity contribution in [3.8, 4) is 0 Å². The predicted octanol–water partition coefficient (Wildman–Crippen LogP) is 2.42. The molecule has 3 nitrogen and oxygen atoms in total. The van der Waals surface area contributed by atoms with Crippen molar-refractivity contribution in [1.82, 2.24) is 0 Å². The van der Waals surface area contributed by atoms with Crippen molar-refractivity contribution in [2.45, 2.75) is 53.3 Å². The van der Waals surface area contributed by atoms with Gasteiger partial charge in [0.1, 0.15) is 0 Å². The summed E-state index contributed by atoms with van der Waals surface area (Å²) in [7, 11) is 0. The Hall–Kier alpha value is -0.191. The number of carbonyl (C=O) groups excluding carboxylic acids is 3. The summed E-state index contributed by atoms with van der Waals surface area (Å²) in [6.45, 7) is 4.82. The summed E-state index contributed by atoms with van der Waals surface area (Å²) in [6, 6.07) is 0. The molecule has 0 aliphatic rings. The van der Waals surface area contributed by atoms with E-state index in [2.05, 4.69) is 0 Å². The monoisotopic (exact) mass is 333 g/mol. The second kappa shape index (κ2) is 8.90. The normalized spacial score (nSPS) is 9.94. The maximum atomic E-state index is 10.9. The molecule has 16 heavy (non-hydrogen) atoms. The molecule has 0 atom stereocenters. The number of hydrogen-bond acceptors (Lipinski definition) is 3. The SMILES string of the molecule is CC(=O)C[CH2][Sn+]([CH2]CC(C)=O)[CH2]CC(C)=O. The van der Waals surface area contributed by atoms with E-state index in [-0.39, 0.29) is 17.3 Å². The molecule has 4 heteroatoms. The van der Waals surface area contributed by atoms with E-state index < -0.39 is 19.8 Å². The number of hydrogen-bond donors (Lipinski definition) is 0. The quantitative estimate of drug-likeness (QED) is 0.610. The summed E-state index contributed by atoms with van der Waals surface area (Å²) in [6.07, 6.45) is 1.93. The molecule has 0 bridgehead atoms. The van der Waals surface area contributed by atoms with Crippen LogP contribution in [0.3, 0.4) is 0 Å². The Balaban J connectivity index is 3.98. The van der Waals surface area contributed by atoms with Crippen molar-refractivity contribution >= 4 is 37.1 Å².